The maximum Gasteiger partial charge on any atom is 0.243 e. The van der Waals surface area contributed by atoms with Gasteiger partial charge in [-0.25, -0.2) is 4.98 Å². The number of ether oxygens (including phenoxy) is 1. The van der Waals surface area contributed by atoms with E-state index in [1.165, 1.54) is 18.0 Å². The van der Waals surface area contributed by atoms with Gasteiger partial charge in [-0.15, -0.1) is 0 Å². The third kappa shape index (κ3) is 8.99. The SMILES string of the molecule is C=CC=O.CF.CNc1ccc(Oc2ncc(C)cc2NSc2ccc(C)c(Cl)c2)cc1. The van der Waals surface area contributed by atoms with Crippen molar-refractivity contribution in [1.29, 1.82) is 0 Å². The molecule has 5 nitrogen and oxygen atoms in total. The third-order valence-electron chi connectivity index (χ3n) is 3.86. The maximum absolute atomic E-state index is 9.50. The third-order valence-corrected chi connectivity index (χ3v) is 5.08. The van der Waals surface area contributed by atoms with E-state index in [4.69, 9.17) is 21.1 Å². The van der Waals surface area contributed by atoms with Crippen molar-refractivity contribution < 1.29 is 13.9 Å². The minimum Gasteiger partial charge on any atom is -0.437 e. The van der Waals surface area contributed by atoms with Crippen LogP contribution in [0.5, 0.6) is 11.6 Å². The summed E-state index contributed by atoms with van der Waals surface area (Å²) in [6.45, 7) is 7.09. The smallest absolute Gasteiger partial charge is 0.243 e. The summed E-state index contributed by atoms with van der Waals surface area (Å²) >= 11 is 7.67. The predicted octanol–water partition coefficient (Wildman–Crippen LogP) is 7.26. The topological polar surface area (TPSA) is 63.2 Å². The molecule has 8 heteroatoms. The van der Waals surface area contributed by atoms with Gasteiger partial charge in [0.25, 0.3) is 0 Å². The van der Waals surface area contributed by atoms with Crippen LogP contribution in [0.3, 0.4) is 0 Å². The normalized spacial score (nSPS) is 9.31. The number of halogens is 2. The van der Waals surface area contributed by atoms with Crippen LogP contribution in [0.15, 0.2) is 72.3 Å². The number of aldehydes is 1. The molecule has 0 unspecified atom stereocenters. The Bertz CT molecular complexity index is 995. The molecule has 0 atom stereocenters. The van der Waals surface area contributed by atoms with E-state index in [1.54, 1.807) is 6.20 Å². The number of benzene rings is 2. The van der Waals surface area contributed by atoms with E-state index in [0.29, 0.717) is 19.3 Å². The van der Waals surface area contributed by atoms with Crippen LogP contribution >= 0.6 is 23.5 Å². The minimum atomic E-state index is 0.500. The molecule has 0 aliphatic carbocycles. The van der Waals surface area contributed by atoms with Crippen molar-refractivity contribution in [3.05, 3.63) is 83.5 Å². The first-order valence-electron chi connectivity index (χ1n) is 9.52. The molecule has 0 aliphatic heterocycles. The highest BCUT2D eigenvalue weighted by atomic mass is 35.5. The molecule has 1 aromatic heterocycles. The Morgan fingerprint density at radius 3 is 2.34 bits per heavy atom. The van der Waals surface area contributed by atoms with Gasteiger partial charge < -0.3 is 14.8 Å². The summed E-state index contributed by atoms with van der Waals surface area (Å²) in [4.78, 5) is 14.5. The zero-order valence-corrected chi connectivity index (χ0v) is 20.1. The van der Waals surface area contributed by atoms with E-state index >= 15 is 0 Å². The Kier molecular flexibility index (Phi) is 12.6. The standard InChI is InChI=1S/C20H20ClN3OS.C3H4O.CH3F/c1-13-10-19(24-26-17-9-4-14(2)18(21)11-17)20(23-12-13)25-16-7-5-15(22-3)6-8-16;1-2-3-4;1-2/h4-12,22,24H,1-3H3;2-3H,1H2;1H3. The fourth-order valence-corrected chi connectivity index (χ4v) is 3.20. The molecule has 2 N–H and O–H groups in total. The molecule has 0 amide bonds. The Morgan fingerprint density at radius 2 is 1.78 bits per heavy atom. The summed E-state index contributed by atoms with van der Waals surface area (Å²) in [6.07, 6.45) is 3.62. The first kappa shape index (κ1) is 27.0. The molecule has 0 aliphatic rings. The lowest BCUT2D eigenvalue weighted by Crippen LogP contribution is -1.96. The van der Waals surface area contributed by atoms with Gasteiger partial charge in [-0.05, 0) is 85.5 Å². The molecule has 2 aromatic carbocycles. The number of rotatable bonds is 7. The van der Waals surface area contributed by atoms with Gasteiger partial charge in [-0.1, -0.05) is 24.2 Å². The molecule has 3 rings (SSSR count). The number of anilines is 2. The average Bonchev–Trinajstić information content (AvgIpc) is 2.83. The number of nitrogens with zero attached hydrogens (tertiary/aromatic N) is 1. The van der Waals surface area contributed by atoms with Gasteiger partial charge in [0.15, 0.2) is 0 Å². The second-order valence-corrected chi connectivity index (χ2v) is 7.52. The molecule has 0 saturated carbocycles. The predicted molar refractivity (Wildman–Crippen MR) is 134 cm³/mol. The molecule has 0 fully saturated rings. The first-order chi connectivity index (χ1) is 15.5. The zero-order chi connectivity index (χ0) is 23.9. The molecule has 0 saturated heterocycles. The van der Waals surface area contributed by atoms with Gasteiger partial charge in [-0.2, -0.15) is 0 Å². The van der Waals surface area contributed by atoms with Crippen LogP contribution in [-0.2, 0) is 4.79 Å². The Labute approximate surface area is 198 Å². The lowest BCUT2D eigenvalue weighted by Gasteiger charge is -2.13. The Balaban J connectivity index is 0.000000769. The fourth-order valence-electron chi connectivity index (χ4n) is 2.26. The van der Waals surface area contributed by atoms with Crippen LogP contribution in [0.25, 0.3) is 0 Å². The van der Waals surface area contributed by atoms with Crippen molar-refractivity contribution in [2.24, 2.45) is 0 Å². The van der Waals surface area contributed by atoms with E-state index in [1.807, 2.05) is 69.4 Å². The van der Waals surface area contributed by atoms with E-state index < -0.39 is 0 Å². The molecule has 0 radical (unpaired) electrons. The minimum absolute atomic E-state index is 0.500. The summed E-state index contributed by atoms with van der Waals surface area (Å²) in [5, 5.41) is 3.84. The fraction of sp³-hybridized carbons (Fsp3) is 0.167. The molecule has 32 heavy (non-hydrogen) atoms. The molecular weight excluding hydrogens is 449 g/mol. The van der Waals surface area contributed by atoms with Crippen LogP contribution in [0.4, 0.5) is 15.8 Å². The summed E-state index contributed by atoms with van der Waals surface area (Å²) in [5.74, 6) is 1.25. The number of aryl methyl sites for hydroxylation is 2. The monoisotopic (exact) mass is 475 g/mol. The van der Waals surface area contributed by atoms with Crippen molar-refractivity contribution >= 4 is 41.2 Å². The van der Waals surface area contributed by atoms with Crippen molar-refractivity contribution in [2.45, 2.75) is 18.7 Å². The van der Waals surface area contributed by atoms with Crippen LogP contribution < -0.4 is 14.8 Å². The van der Waals surface area contributed by atoms with Gasteiger partial charge in [0.05, 0.1) is 7.18 Å². The van der Waals surface area contributed by atoms with Gasteiger partial charge >= 0.3 is 0 Å². The number of hydrogen-bond acceptors (Lipinski definition) is 6. The lowest BCUT2D eigenvalue weighted by atomic mass is 10.2. The second-order valence-electron chi connectivity index (χ2n) is 6.23. The molecule has 3 aromatic rings. The van der Waals surface area contributed by atoms with E-state index in [2.05, 4.69) is 21.6 Å². The number of nitrogens with one attached hydrogen (secondary N) is 2. The summed E-state index contributed by atoms with van der Waals surface area (Å²) < 4.78 is 18.8. The molecule has 170 valence electrons. The molecule has 1 heterocycles. The highest BCUT2D eigenvalue weighted by molar-refractivity contribution is 8.00. The summed E-state index contributed by atoms with van der Waals surface area (Å²) in [6, 6.07) is 15.7. The highest BCUT2D eigenvalue weighted by Gasteiger charge is 2.09. The number of carbonyl (C=O) groups is 1. The van der Waals surface area contributed by atoms with Crippen LogP contribution in [0.1, 0.15) is 11.1 Å². The van der Waals surface area contributed by atoms with Crippen molar-refractivity contribution in [2.75, 3.05) is 24.3 Å². The van der Waals surface area contributed by atoms with Gasteiger partial charge in [0, 0.05) is 28.9 Å². The van der Waals surface area contributed by atoms with Gasteiger partial charge in [0.2, 0.25) is 5.88 Å². The Morgan fingerprint density at radius 1 is 1.12 bits per heavy atom. The number of aromatic nitrogens is 1. The average molecular weight is 476 g/mol. The first-order valence-corrected chi connectivity index (χ1v) is 10.7. The second kappa shape index (κ2) is 14.9. The zero-order valence-electron chi connectivity index (χ0n) is 18.5. The highest BCUT2D eigenvalue weighted by Crippen LogP contribution is 2.33. The summed E-state index contributed by atoms with van der Waals surface area (Å²) in [7, 11) is 2.38. The van der Waals surface area contributed by atoms with Gasteiger partial charge in [-0.3, -0.25) is 9.18 Å². The summed E-state index contributed by atoms with van der Waals surface area (Å²) in [5.41, 5.74) is 3.94. The Hall–Kier alpha value is -3.03. The van der Waals surface area contributed by atoms with Crippen molar-refractivity contribution in [3.63, 3.8) is 0 Å². The largest absolute Gasteiger partial charge is 0.437 e. The molecular formula is C24H27ClFN3O2S. The van der Waals surface area contributed by atoms with Crippen LogP contribution in [0, 0.1) is 13.8 Å². The molecule has 0 spiro atoms. The van der Waals surface area contributed by atoms with Crippen molar-refractivity contribution in [3.8, 4) is 11.6 Å². The quantitative estimate of drug-likeness (QED) is 0.213. The number of carbonyl (C=O) groups excluding carboxylic acids is 1. The van der Waals surface area contributed by atoms with E-state index in [9.17, 15) is 4.39 Å². The lowest BCUT2D eigenvalue weighted by molar-refractivity contribution is -0.104. The number of allylic oxidation sites excluding steroid dienone is 1. The van der Waals surface area contributed by atoms with E-state index in [-0.39, 0.29) is 0 Å². The maximum atomic E-state index is 9.50. The van der Waals surface area contributed by atoms with E-state index in [0.717, 1.165) is 38.2 Å². The number of alkyl halides is 1. The number of pyridine rings is 1. The van der Waals surface area contributed by atoms with Crippen LogP contribution in [-0.4, -0.2) is 25.5 Å². The number of hydrogen-bond donors (Lipinski definition) is 2. The van der Waals surface area contributed by atoms with Gasteiger partial charge in [0.1, 0.15) is 17.7 Å². The van der Waals surface area contributed by atoms with Crippen molar-refractivity contribution in [1.82, 2.24) is 4.98 Å². The van der Waals surface area contributed by atoms with Crippen LogP contribution in [0.2, 0.25) is 5.02 Å². The molecule has 0 bridgehead atoms.